The molecule has 0 aliphatic rings. The van der Waals surface area contributed by atoms with E-state index in [1.165, 1.54) is 244 Å². The van der Waals surface area contributed by atoms with Crippen molar-refractivity contribution in [1.82, 2.24) is 29.9 Å². The van der Waals surface area contributed by atoms with Crippen molar-refractivity contribution in [1.29, 1.82) is 0 Å². The molecule has 0 fully saturated rings. The lowest BCUT2D eigenvalue weighted by molar-refractivity contribution is 0.304. The Balaban J connectivity index is 1.37. The van der Waals surface area contributed by atoms with Crippen molar-refractivity contribution in [3.63, 3.8) is 0 Å². The predicted octanol–water partition coefficient (Wildman–Crippen LogP) is 24.7. The summed E-state index contributed by atoms with van der Waals surface area (Å²) in [5.74, 6) is 5.05. The number of aromatic nitrogens is 6. The average molecular weight is 1300 g/mol. The first kappa shape index (κ1) is 78.8. The Morgan fingerprint density at radius 3 is 0.755 bits per heavy atom. The third-order valence-electron chi connectivity index (χ3n) is 18.1. The predicted molar refractivity (Wildman–Crippen MR) is 405 cm³/mol. The second-order valence-electron chi connectivity index (χ2n) is 26.8. The van der Waals surface area contributed by atoms with Crippen molar-refractivity contribution in [2.45, 2.75) is 324 Å². The molecule has 0 atom stereocenters. The molecule has 0 spiro atoms. The van der Waals surface area contributed by atoms with Gasteiger partial charge in [-0.25, -0.2) is 0 Å². The molecule has 0 saturated carbocycles. The second kappa shape index (κ2) is 53.2. The van der Waals surface area contributed by atoms with Crippen molar-refractivity contribution in [2.24, 2.45) is 0 Å². The zero-order chi connectivity index (χ0) is 66.4. The number of hydrogen-bond donors (Lipinski definition) is 4. The average Bonchev–Trinajstić information content (AvgIpc) is 1.02. The van der Waals surface area contributed by atoms with Gasteiger partial charge in [0.2, 0.25) is 35.7 Å². The highest BCUT2D eigenvalue weighted by atomic mass is 16.5. The summed E-state index contributed by atoms with van der Waals surface area (Å²) in [6.07, 6.45) is 55.6. The van der Waals surface area contributed by atoms with Gasteiger partial charge in [0.15, 0.2) is 0 Å². The van der Waals surface area contributed by atoms with Crippen LogP contribution < -0.4 is 40.5 Å². The number of nitrogens with one attached hydrogen (secondary N) is 4. The van der Waals surface area contributed by atoms with E-state index in [0.717, 1.165) is 112 Å². The molecule has 3 aromatic carbocycles. The quantitative estimate of drug-likeness (QED) is 0.0273. The first-order chi connectivity index (χ1) is 46.4. The number of unbranched alkanes of at least 4 members (excludes halogenated alkanes) is 38. The van der Waals surface area contributed by atoms with Crippen LogP contribution >= 0.6 is 0 Å². The highest BCUT2D eigenvalue weighted by molar-refractivity contribution is 5.67. The van der Waals surface area contributed by atoms with Gasteiger partial charge in [-0.15, -0.1) is 0 Å². The first-order valence-electron chi connectivity index (χ1n) is 39.1. The summed E-state index contributed by atoms with van der Waals surface area (Å²) in [6, 6.07) is 24.7. The molecule has 94 heavy (non-hydrogen) atoms. The number of rotatable bonds is 62. The summed E-state index contributed by atoms with van der Waals surface area (Å²) in [5.41, 5.74) is 3.43. The summed E-state index contributed by atoms with van der Waals surface area (Å²) in [7, 11) is 0. The molecule has 0 amide bonds. The maximum atomic E-state index is 6.23. The molecule has 0 saturated heterocycles. The van der Waals surface area contributed by atoms with Gasteiger partial charge < -0.3 is 40.5 Å². The Hall–Kier alpha value is -5.92. The molecule has 2 heterocycles. The van der Waals surface area contributed by atoms with E-state index in [0.29, 0.717) is 35.7 Å². The molecule has 0 radical (unpaired) electrons. The van der Waals surface area contributed by atoms with Crippen molar-refractivity contribution in [3.8, 4) is 11.5 Å². The van der Waals surface area contributed by atoms with Crippen LogP contribution in [0.25, 0.3) is 0 Å². The Labute approximate surface area is 573 Å². The third kappa shape index (κ3) is 36.8. The highest BCUT2D eigenvalue weighted by Gasteiger charge is 2.18. The molecular weight excluding hydrogens is 1160 g/mol. The van der Waals surface area contributed by atoms with Crippen LogP contribution in [-0.4, -0.2) is 69.3 Å². The van der Waals surface area contributed by atoms with Gasteiger partial charge >= 0.3 is 0 Å². The molecule has 0 aliphatic carbocycles. The zero-order valence-electron chi connectivity index (χ0n) is 60.7. The second-order valence-corrected chi connectivity index (χ2v) is 26.8. The van der Waals surface area contributed by atoms with Crippen LogP contribution in [0.15, 0.2) is 72.8 Å². The largest absolute Gasteiger partial charge is 0.494 e. The maximum Gasteiger partial charge on any atom is 0.233 e. The fraction of sp³-hybridized carbons (Fsp3) is 0.700. The number of nitrogens with zero attached hydrogens (tertiary/aromatic N) is 8. The minimum absolute atomic E-state index is 0.473. The normalized spacial score (nSPS) is 11.3. The molecule has 526 valence electrons. The Kier molecular flexibility index (Phi) is 44.6. The molecule has 0 unspecified atom stereocenters. The van der Waals surface area contributed by atoms with Crippen LogP contribution in [0.4, 0.5) is 58.4 Å². The van der Waals surface area contributed by atoms with Crippen LogP contribution in [-0.2, 0) is 0 Å². The fourth-order valence-electron chi connectivity index (χ4n) is 12.2. The third-order valence-corrected chi connectivity index (χ3v) is 18.1. The molecule has 14 heteroatoms. The van der Waals surface area contributed by atoms with Gasteiger partial charge in [0.25, 0.3) is 0 Å². The summed E-state index contributed by atoms with van der Waals surface area (Å²) >= 11 is 0. The van der Waals surface area contributed by atoms with Gasteiger partial charge in [0, 0.05) is 48.9 Å². The fourth-order valence-corrected chi connectivity index (χ4v) is 12.2. The molecule has 0 bridgehead atoms. The summed E-state index contributed by atoms with van der Waals surface area (Å²) < 4.78 is 12.5. The van der Waals surface area contributed by atoms with Crippen LogP contribution in [0, 0.1) is 0 Å². The van der Waals surface area contributed by atoms with Gasteiger partial charge in [-0.1, -0.05) is 292 Å². The van der Waals surface area contributed by atoms with E-state index in [4.69, 9.17) is 39.4 Å². The Morgan fingerprint density at radius 2 is 0.489 bits per heavy atom. The van der Waals surface area contributed by atoms with Gasteiger partial charge in [0.1, 0.15) is 11.5 Å². The lowest BCUT2D eigenvalue weighted by Crippen LogP contribution is -2.28. The van der Waals surface area contributed by atoms with Crippen LogP contribution in [0.5, 0.6) is 11.5 Å². The van der Waals surface area contributed by atoms with Gasteiger partial charge in [0.05, 0.1) is 13.2 Å². The topological polar surface area (TPSA) is 150 Å². The van der Waals surface area contributed by atoms with Crippen molar-refractivity contribution < 1.29 is 9.47 Å². The smallest absolute Gasteiger partial charge is 0.233 e. The van der Waals surface area contributed by atoms with Crippen molar-refractivity contribution in [3.05, 3.63) is 72.8 Å². The van der Waals surface area contributed by atoms with E-state index >= 15 is 0 Å². The number of anilines is 10. The summed E-state index contributed by atoms with van der Waals surface area (Å²) in [5, 5.41) is 14.4. The lowest BCUT2D eigenvalue weighted by Gasteiger charge is -2.24. The van der Waals surface area contributed by atoms with E-state index in [1.54, 1.807) is 0 Å². The van der Waals surface area contributed by atoms with Gasteiger partial charge in [-0.05, 0) is 105 Å². The van der Waals surface area contributed by atoms with E-state index in [-0.39, 0.29) is 0 Å². The zero-order valence-corrected chi connectivity index (χ0v) is 60.7. The highest BCUT2D eigenvalue weighted by Crippen LogP contribution is 2.29. The SMILES string of the molecule is CCCCCCCCCCCCOc1ccc(Nc2nc(Nc3cccc(Nc4nc(Nc5ccc(OCCCCCCCCCCCC)cc5)nc(N(CCCCCCCC)CCCCCCCC)n4)c3)nc(N(CCCCCCCC)CCCCCCCC)n2)cc1. The van der Waals surface area contributed by atoms with E-state index in [2.05, 4.69) is 115 Å². The lowest BCUT2D eigenvalue weighted by atomic mass is 10.1. The Morgan fingerprint density at radius 1 is 0.255 bits per heavy atom. The monoisotopic (exact) mass is 1300 g/mol. The van der Waals surface area contributed by atoms with E-state index < -0.39 is 0 Å². The number of ether oxygens (including phenoxy) is 2. The first-order valence-corrected chi connectivity index (χ1v) is 39.1. The molecule has 5 rings (SSSR count). The standard InChI is InChI=1S/C80H134N12O2/c1-7-13-19-25-31-33-35-37-43-49-66-93-73-58-54-69(55-59-73)81-75-85-77(89-79(87-75)91(62-45-39-27-21-15-9-3)63-46-40-28-22-16-10-4)83-71-52-51-53-72(68-71)84-78-86-76(82-70-56-60-74(61-57-70)94-67-50-44-38-36-34-32-26-20-14-8-2)88-80(90-78)92(64-47-41-29-23-17-11-5)65-48-42-30-24-18-12-6/h51-61,68H,7-50,62-67H2,1-6H3,(H2,81,83,85,87,89)(H2,82,84,86,88,90). The van der Waals surface area contributed by atoms with E-state index in [1.807, 2.05) is 30.3 Å². The van der Waals surface area contributed by atoms with Crippen LogP contribution in [0.2, 0.25) is 0 Å². The minimum Gasteiger partial charge on any atom is -0.494 e. The van der Waals surface area contributed by atoms with Gasteiger partial charge in [-0.3, -0.25) is 0 Å². The summed E-state index contributed by atoms with van der Waals surface area (Å²) in [6.45, 7) is 18.8. The van der Waals surface area contributed by atoms with E-state index in [9.17, 15) is 0 Å². The van der Waals surface area contributed by atoms with Crippen molar-refractivity contribution >= 4 is 58.4 Å². The van der Waals surface area contributed by atoms with Crippen LogP contribution in [0.3, 0.4) is 0 Å². The van der Waals surface area contributed by atoms with Crippen molar-refractivity contribution in [2.75, 3.05) is 70.5 Å². The Bertz CT molecular complexity index is 2380. The van der Waals surface area contributed by atoms with Crippen LogP contribution in [0.1, 0.15) is 324 Å². The molecule has 0 aliphatic heterocycles. The maximum absolute atomic E-state index is 6.23. The molecular formula is C80H134N12O2. The summed E-state index contributed by atoms with van der Waals surface area (Å²) in [4.78, 5) is 35.7. The molecule has 4 N–H and O–H groups in total. The number of benzene rings is 3. The number of hydrogen-bond acceptors (Lipinski definition) is 14. The molecule has 2 aromatic heterocycles. The van der Waals surface area contributed by atoms with Gasteiger partial charge in [-0.2, -0.15) is 29.9 Å². The molecule has 5 aromatic rings. The minimum atomic E-state index is 0.473. The molecule has 14 nitrogen and oxygen atoms in total.